The van der Waals surface area contributed by atoms with Crippen molar-refractivity contribution in [3.8, 4) is 11.5 Å². The van der Waals surface area contributed by atoms with Crippen molar-refractivity contribution >= 4 is 17.7 Å². The molecule has 2 saturated heterocycles. The number of fused-ring (bicyclic) bond motifs is 8. The van der Waals surface area contributed by atoms with Crippen molar-refractivity contribution in [2.45, 2.75) is 104 Å². The average Bonchev–Trinajstić information content (AvgIpc) is 3.53. The zero-order valence-corrected chi connectivity index (χ0v) is 30.1. The first-order chi connectivity index (χ1) is 22.3. The van der Waals surface area contributed by atoms with Crippen LogP contribution in [0.4, 0.5) is 4.79 Å². The molecule has 8 rings (SSSR count). The molecular formula is C40H58N4O3. The Bertz CT molecular complexity index is 1520. The SMILES string of the molecule is Cc1c2c(cc3c1OCO3)C1=CC[C@@]3(C)[C@@H]4C[C@](C)(NC(=O)N5CCN(C6CCN(C)CC6)CC5)CC[C@]4(C)CC[C@]3(C)[C@]1(C)C=C2. The molecular weight excluding hydrogens is 584 g/mol. The smallest absolute Gasteiger partial charge is 0.317 e. The summed E-state index contributed by atoms with van der Waals surface area (Å²) in [5, 5.41) is 3.66. The number of carbonyl (C=O) groups excluding carboxylic acids is 1. The van der Waals surface area contributed by atoms with Gasteiger partial charge in [-0.2, -0.15) is 0 Å². The van der Waals surface area contributed by atoms with Crippen molar-refractivity contribution in [2.24, 2.45) is 27.6 Å². The number of piperidine rings is 1. The number of benzene rings is 1. The van der Waals surface area contributed by atoms with Gasteiger partial charge in [-0.3, -0.25) is 4.90 Å². The van der Waals surface area contributed by atoms with E-state index in [2.05, 4.69) is 92.9 Å². The number of nitrogens with one attached hydrogen (secondary N) is 1. The summed E-state index contributed by atoms with van der Waals surface area (Å²) in [6, 6.07) is 3.08. The van der Waals surface area contributed by atoms with E-state index in [9.17, 15) is 4.79 Å². The normalized spacial score (nSPS) is 40.2. The first-order valence-electron chi connectivity index (χ1n) is 18.6. The molecule has 2 saturated carbocycles. The van der Waals surface area contributed by atoms with E-state index in [1.54, 1.807) is 0 Å². The summed E-state index contributed by atoms with van der Waals surface area (Å²) < 4.78 is 11.8. The maximum absolute atomic E-state index is 13.9. The Morgan fingerprint density at radius 3 is 2.40 bits per heavy atom. The number of hydrogen-bond acceptors (Lipinski definition) is 5. The van der Waals surface area contributed by atoms with Crippen molar-refractivity contribution in [3.63, 3.8) is 0 Å². The minimum atomic E-state index is -0.192. The molecule has 1 aromatic rings. The van der Waals surface area contributed by atoms with E-state index in [0.717, 1.165) is 56.9 Å². The fourth-order valence-electron chi connectivity index (χ4n) is 11.8. The van der Waals surface area contributed by atoms with Gasteiger partial charge >= 0.3 is 6.03 Å². The second-order valence-corrected chi connectivity index (χ2v) is 17.8. The van der Waals surface area contributed by atoms with Gasteiger partial charge in [0.25, 0.3) is 0 Å². The third kappa shape index (κ3) is 4.61. The van der Waals surface area contributed by atoms with E-state index in [1.165, 1.54) is 67.5 Å². The number of amides is 2. The molecule has 7 aliphatic rings. The summed E-state index contributed by atoms with van der Waals surface area (Å²) in [6.45, 7) is 21.2. The van der Waals surface area contributed by atoms with Crippen LogP contribution in [-0.4, -0.2) is 85.4 Å². The Morgan fingerprint density at radius 1 is 0.936 bits per heavy atom. The molecule has 0 radical (unpaired) electrons. The van der Waals surface area contributed by atoms with Crippen molar-refractivity contribution < 1.29 is 14.3 Å². The summed E-state index contributed by atoms with van der Waals surface area (Å²) in [5.74, 6) is 2.31. The monoisotopic (exact) mass is 642 g/mol. The van der Waals surface area contributed by atoms with Gasteiger partial charge in [-0.25, -0.2) is 4.79 Å². The number of piperazine rings is 1. The average molecular weight is 643 g/mol. The van der Waals surface area contributed by atoms with Gasteiger partial charge in [-0.05, 0) is 130 Å². The van der Waals surface area contributed by atoms with Crippen LogP contribution in [0.5, 0.6) is 11.5 Å². The Hall–Kier alpha value is -2.51. The van der Waals surface area contributed by atoms with Gasteiger partial charge in [0.2, 0.25) is 6.79 Å². The zero-order chi connectivity index (χ0) is 33.0. The fraction of sp³-hybridized carbons (Fsp3) is 0.725. The van der Waals surface area contributed by atoms with E-state index in [4.69, 9.17) is 9.47 Å². The first kappa shape index (κ1) is 31.7. The summed E-state index contributed by atoms with van der Waals surface area (Å²) in [7, 11) is 2.23. The van der Waals surface area contributed by atoms with Crippen molar-refractivity contribution in [3.05, 3.63) is 34.9 Å². The van der Waals surface area contributed by atoms with Crippen LogP contribution in [0, 0.1) is 34.5 Å². The topological polar surface area (TPSA) is 57.3 Å². The molecule has 0 unspecified atom stereocenters. The van der Waals surface area contributed by atoms with Gasteiger partial charge in [0.15, 0.2) is 11.5 Å². The molecule has 2 amide bonds. The maximum atomic E-state index is 13.9. The molecule has 1 N–H and O–H groups in total. The van der Waals surface area contributed by atoms with Gasteiger partial charge in [0.1, 0.15) is 0 Å². The van der Waals surface area contributed by atoms with Gasteiger partial charge < -0.3 is 24.6 Å². The van der Waals surface area contributed by atoms with Crippen LogP contribution in [0.3, 0.4) is 0 Å². The Balaban J connectivity index is 1.02. The molecule has 0 spiro atoms. The highest BCUT2D eigenvalue weighted by molar-refractivity contribution is 5.88. The quantitative estimate of drug-likeness (QED) is 0.366. The zero-order valence-electron chi connectivity index (χ0n) is 30.1. The highest BCUT2D eigenvalue weighted by atomic mass is 16.7. The second kappa shape index (κ2) is 10.7. The third-order valence-corrected chi connectivity index (χ3v) is 15.4. The highest BCUT2D eigenvalue weighted by Gasteiger charge is 2.67. The van der Waals surface area contributed by atoms with Crippen LogP contribution >= 0.6 is 0 Å². The second-order valence-electron chi connectivity index (χ2n) is 17.8. The number of ether oxygens (including phenoxy) is 2. The Morgan fingerprint density at radius 2 is 1.66 bits per heavy atom. The van der Waals surface area contributed by atoms with E-state index in [1.807, 2.05) is 0 Å². The Kier molecular flexibility index (Phi) is 7.25. The molecule has 1 aromatic carbocycles. The number of allylic oxidation sites excluding steroid dienone is 3. The molecule has 7 heteroatoms. The number of carbonyl (C=O) groups is 1. The molecule has 0 bridgehead atoms. The number of rotatable bonds is 2. The summed E-state index contributed by atoms with van der Waals surface area (Å²) in [4.78, 5) is 21.1. The molecule has 3 aliphatic heterocycles. The minimum Gasteiger partial charge on any atom is -0.454 e. The van der Waals surface area contributed by atoms with Crippen molar-refractivity contribution in [1.82, 2.24) is 20.0 Å². The van der Waals surface area contributed by atoms with E-state index in [0.29, 0.717) is 24.2 Å². The van der Waals surface area contributed by atoms with Crippen LogP contribution in [0.1, 0.15) is 103 Å². The fourth-order valence-corrected chi connectivity index (χ4v) is 11.8. The summed E-state index contributed by atoms with van der Waals surface area (Å²) in [6.07, 6.45) is 16.8. The summed E-state index contributed by atoms with van der Waals surface area (Å²) >= 11 is 0. The van der Waals surface area contributed by atoms with Crippen molar-refractivity contribution in [1.29, 1.82) is 0 Å². The minimum absolute atomic E-state index is 0.0826. The van der Waals surface area contributed by atoms with Crippen LogP contribution in [0.15, 0.2) is 18.2 Å². The standard InChI is InChI=1S/C40H58N4O3/c1-27-29-8-12-38(4)31(30(29)24-32-34(27)47-26-46-32)9-13-39(5)33-25-37(3,16-14-36(33,2)15-17-40(38,39)6)41-35(45)44-22-20-43(21-23-44)28-10-18-42(7)19-11-28/h8-9,12,24,28,33H,10-11,13-23,25-26H2,1-7H3,(H,41,45)/t33-,36-,37-,38-,39+,40-/m1/s1. The van der Waals surface area contributed by atoms with Crippen LogP contribution in [-0.2, 0) is 0 Å². The lowest BCUT2D eigenvalue weighted by molar-refractivity contribution is -0.171. The van der Waals surface area contributed by atoms with E-state index in [-0.39, 0.29) is 27.8 Å². The van der Waals surface area contributed by atoms with Gasteiger partial charge in [-0.1, -0.05) is 45.9 Å². The predicted molar refractivity (Wildman–Crippen MR) is 189 cm³/mol. The van der Waals surface area contributed by atoms with Gasteiger partial charge in [0.05, 0.1) is 0 Å². The molecule has 7 nitrogen and oxygen atoms in total. The number of likely N-dealkylation sites (tertiary alicyclic amines) is 1. The molecule has 3 heterocycles. The molecule has 47 heavy (non-hydrogen) atoms. The number of urea groups is 1. The lowest BCUT2D eigenvalue weighted by Crippen LogP contribution is -2.66. The lowest BCUT2D eigenvalue weighted by Gasteiger charge is -2.71. The predicted octanol–water partition coefficient (Wildman–Crippen LogP) is 7.34. The molecule has 0 aromatic heterocycles. The molecule has 256 valence electrons. The molecule has 4 fully saturated rings. The van der Waals surface area contributed by atoms with E-state index < -0.39 is 0 Å². The van der Waals surface area contributed by atoms with Crippen LogP contribution < -0.4 is 14.8 Å². The highest BCUT2D eigenvalue weighted by Crippen LogP contribution is 2.75. The largest absolute Gasteiger partial charge is 0.454 e. The lowest BCUT2D eigenvalue weighted by atomic mass is 9.34. The third-order valence-electron chi connectivity index (χ3n) is 15.4. The number of nitrogens with zero attached hydrogens (tertiary/aromatic N) is 3. The Labute approximate surface area is 283 Å². The van der Waals surface area contributed by atoms with Crippen LogP contribution in [0.2, 0.25) is 0 Å². The van der Waals surface area contributed by atoms with Crippen molar-refractivity contribution in [2.75, 3.05) is 53.1 Å². The first-order valence-corrected chi connectivity index (χ1v) is 18.6. The van der Waals surface area contributed by atoms with Crippen LogP contribution in [0.25, 0.3) is 11.6 Å². The number of hydrogen-bond donors (Lipinski definition) is 1. The van der Waals surface area contributed by atoms with Gasteiger partial charge in [-0.15, -0.1) is 0 Å². The summed E-state index contributed by atoms with van der Waals surface area (Å²) in [5.41, 5.74) is 5.46. The van der Waals surface area contributed by atoms with Gasteiger partial charge in [0, 0.05) is 48.7 Å². The molecule has 4 aliphatic carbocycles. The molecule has 6 atom stereocenters. The van der Waals surface area contributed by atoms with E-state index >= 15 is 0 Å². The maximum Gasteiger partial charge on any atom is 0.317 e.